The molecule has 2 atom stereocenters. The quantitative estimate of drug-likeness (QED) is 0.488. The Labute approximate surface area is 195 Å². The average Bonchev–Trinajstić information content (AvgIpc) is 3.62. The van der Waals surface area contributed by atoms with Gasteiger partial charge in [-0.3, -0.25) is 9.36 Å². The number of amides is 1. The van der Waals surface area contributed by atoms with Crippen LogP contribution in [0, 0.1) is 0 Å². The van der Waals surface area contributed by atoms with Crippen molar-refractivity contribution in [2.24, 2.45) is 0 Å². The summed E-state index contributed by atoms with van der Waals surface area (Å²) in [5.41, 5.74) is 0.971. The zero-order chi connectivity index (χ0) is 21.8. The fraction of sp³-hybridized carbons (Fsp3) is 0.435. The Balaban J connectivity index is 1.48. The highest BCUT2D eigenvalue weighted by Crippen LogP contribution is 2.38. The van der Waals surface area contributed by atoms with E-state index < -0.39 is 5.25 Å². The van der Waals surface area contributed by atoms with Crippen LogP contribution >= 0.6 is 23.1 Å². The van der Waals surface area contributed by atoms with Crippen LogP contribution in [0.1, 0.15) is 23.7 Å². The number of hydrogen-bond donors (Lipinski definition) is 0. The lowest BCUT2D eigenvalue weighted by Crippen LogP contribution is -2.42. The third kappa shape index (κ3) is 4.76. The largest absolute Gasteiger partial charge is 0.378 e. The van der Waals surface area contributed by atoms with E-state index >= 15 is 0 Å². The summed E-state index contributed by atoms with van der Waals surface area (Å²) in [6, 6.07) is 14.0. The Morgan fingerprint density at radius 2 is 1.97 bits per heavy atom. The summed E-state index contributed by atoms with van der Waals surface area (Å²) in [6.45, 7) is 3.88. The van der Waals surface area contributed by atoms with E-state index in [1.54, 1.807) is 11.3 Å². The molecule has 1 amide bonds. The molecule has 2 aliphatic heterocycles. The highest BCUT2D eigenvalue weighted by atomic mass is 32.2. The van der Waals surface area contributed by atoms with Crippen molar-refractivity contribution in [2.45, 2.75) is 35.9 Å². The zero-order valence-electron chi connectivity index (χ0n) is 17.8. The van der Waals surface area contributed by atoms with Gasteiger partial charge in [-0.15, -0.1) is 21.5 Å². The standard InChI is InChI=1S/C23H26N4O3S2/c28-22(26-10-13-29-14-11-26)20(17-6-2-1-3-7-17)32-23-25-24-21(19-9-5-15-31-19)27(23)16-18-8-4-12-30-18/h1-3,5-7,9,15,18,20H,4,8,10-14,16H2. The molecule has 2 saturated heterocycles. The van der Waals surface area contributed by atoms with Gasteiger partial charge < -0.3 is 14.4 Å². The van der Waals surface area contributed by atoms with Gasteiger partial charge in [-0.2, -0.15) is 0 Å². The lowest BCUT2D eigenvalue weighted by molar-refractivity contribution is -0.134. The average molecular weight is 471 g/mol. The molecule has 9 heteroatoms. The van der Waals surface area contributed by atoms with E-state index in [0.717, 1.165) is 40.9 Å². The van der Waals surface area contributed by atoms with Crippen molar-refractivity contribution in [1.82, 2.24) is 19.7 Å². The number of aromatic nitrogens is 3. The Hall–Kier alpha value is -2.20. The third-order valence-corrected chi connectivity index (χ3v) is 7.83. The predicted molar refractivity (Wildman–Crippen MR) is 125 cm³/mol. The molecule has 0 saturated carbocycles. The molecule has 0 radical (unpaired) electrons. The van der Waals surface area contributed by atoms with Crippen molar-refractivity contribution < 1.29 is 14.3 Å². The van der Waals surface area contributed by atoms with Crippen molar-refractivity contribution in [3.05, 3.63) is 53.4 Å². The van der Waals surface area contributed by atoms with Gasteiger partial charge in [-0.05, 0) is 29.9 Å². The predicted octanol–water partition coefficient (Wildman–Crippen LogP) is 3.88. The smallest absolute Gasteiger partial charge is 0.240 e. The van der Waals surface area contributed by atoms with Gasteiger partial charge in [0.15, 0.2) is 11.0 Å². The molecule has 3 aromatic rings. The first kappa shape index (κ1) is 21.6. The van der Waals surface area contributed by atoms with Crippen LogP contribution in [-0.2, 0) is 20.8 Å². The molecule has 32 heavy (non-hydrogen) atoms. The van der Waals surface area contributed by atoms with Crippen molar-refractivity contribution in [1.29, 1.82) is 0 Å². The van der Waals surface area contributed by atoms with Crippen LogP contribution in [0.25, 0.3) is 10.7 Å². The fourth-order valence-electron chi connectivity index (χ4n) is 4.06. The first-order valence-corrected chi connectivity index (χ1v) is 12.7. The Bertz CT molecular complexity index is 1010. The number of carbonyl (C=O) groups excluding carboxylic acids is 1. The summed E-state index contributed by atoms with van der Waals surface area (Å²) in [5, 5.41) is 11.5. The Morgan fingerprint density at radius 1 is 1.12 bits per heavy atom. The minimum atomic E-state index is -0.391. The molecular formula is C23H26N4O3S2. The molecule has 0 N–H and O–H groups in total. The van der Waals surface area contributed by atoms with Crippen molar-refractivity contribution in [3.63, 3.8) is 0 Å². The van der Waals surface area contributed by atoms with E-state index in [-0.39, 0.29) is 12.0 Å². The van der Waals surface area contributed by atoms with E-state index in [1.807, 2.05) is 46.7 Å². The number of benzene rings is 1. The maximum Gasteiger partial charge on any atom is 0.240 e. The molecule has 0 spiro atoms. The van der Waals surface area contributed by atoms with Gasteiger partial charge in [-0.25, -0.2) is 0 Å². The van der Waals surface area contributed by atoms with Crippen LogP contribution in [0.3, 0.4) is 0 Å². The Morgan fingerprint density at radius 3 is 2.69 bits per heavy atom. The van der Waals surface area contributed by atoms with Crippen LogP contribution in [-0.4, -0.2) is 64.6 Å². The van der Waals surface area contributed by atoms with E-state index in [2.05, 4.69) is 20.8 Å². The molecule has 0 bridgehead atoms. The number of morpholine rings is 1. The molecule has 2 aromatic heterocycles. The minimum absolute atomic E-state index is 0.0915. The number of thioether (sulfide) groups is 1. The summed E-state index contributed by atoms with van der Waals surface area (Å²) in [5.74, 6) is 0.928. The molecule has 2 fully saturated rings. The van der Waals surface area contributed by atoms with Gasteiger partial charge in [0.2, 0.25) is 5.91 Å². The lowest BCUT2D eigenvalue weighted by atomic mass is 10.1. The molecule has 168 valence electrons. The highest BCUT2D eigenvalue weighted by Gasteiger charge is 2.31. The second kappa shape index (κ2) is 10.2. The van der Waals surface area contributed by atoms with Crippen molar-refractivity contribution >= 4 is 29.0 Å². The summed E-state index contributed by atoms with van der Waals surface area (Å²) in [6.07, 6.45) is 2.25. The number of thiophene rings is 1. The zero-order valence-corrected chi connectivity index (χ0v) is 19.4. The molecular weight excluding hydrogens is 444 g/mol. The fourth-order valence-corrected chi connectivity index (χ4v) is 5.91. The van der Waals surface area contributed by atoms with Gasteiger partial charge >= 0.3 is 0 Å². The molecule has 5 rings (SSSR count). The van der Waals surface area contributed by atoms with Crippen molar-refractivity contribution in [3.8, 4) is 10.7 Å². The number of nitrogens with zero attached hydrogens (tertiary/aromatic N) is 4. The van der Waals surface area contributed by atoms with Gasteiger partial charge in [0.05, 0.1) is 30.7 Å². The molecule has 0 aliphatic carbocycles. The Kier molecular flexibility index (Phi) is 6.87. The van der Waals surface area contributed by atoms with E-state index in [1.165, 1.54) is 11.8 Å². The van der Waals surface area contributed by atoms with Crippen molar-refractivity contribution in [2.75, 3.05) is 32.9 Å². The monoisotopic (exact) mass is 470 g/mol. The van der Waals surface area contributed by atoms with Gasteiger partial charge in [0.25, 0.3) is 0 Å². The molecule has 4 heterocycles. The van der Waals surface area contributed by atoms with Crippen LogP contribution in [0.5, 0.6) is 0 Å². The maximum atomic E-state index is 13.6. The number of hydrogen-bond acceptors (Lipinski definition) is 7. The van der Waals surface area contributed by atoms with Crippen LogP contribution in [0.15, 0.2) is 53.0 Å². The molecule has 2 aliphatic rings. The molecule has 7 nitrogen and oxygen atoms in total. The van der Waals surface area contributed by atoms with Crippen LogP contribution in [0.4, 0.5) is 0 Å². The number of ether oxygens (including phenoxy) is 2. The summed E-state index contributed by atoms with van der Waals surface area (Å²) in [4.78, 5) is 16.5. The SMILES string of the molecule is O=C(C(Sc1nnc(-c2cccs2)n1CC1CCCO1)c1ccccc1)N1CCOCC1. The summed E-state index contributed by atoms with van der Waals surface area (Å²) in [7, 11) is 0. The number of carbonyl (C=O) groups is 1. The number of rotatable bonds is 7. The first-order valence-electron chi connectivity index (χ1n) is 11.0. The normalized spacial score (nSPS) is 19.9. The van der Waals surface area contributed by atoms with E-state index in [9.17, 15) is 4.79 Å². The maximum absolute atomic E-state index is 13.6. The molecule has 2 unspecified atom stereocenters. The second-order valence-corrected chi connectivity index (χ2v) is 9.90. The summed E-state index contributed by atoms with van der Waals surface area (Å²) < 4.78 is 13.5. The van der Waals surface area contributed by atoms with E-state index in [4.69, 9.17) is 9.47 Å². The van der Waals surface area contributed by atoms with Gasteiger partial charge in [-0.1, -0.05) is 48.2 Å². The first-order chi connectivity index (χ1) is 15.8. The minimum Gasteiger partial charge on any atom is -0.378 e. The highest BCUT2D eigenvalue weighted by molar-refractivity contribution is 8.00. The topological polar surface area (TPSA) is 69.5 Å². The van der Waals surface area contributed by atoms with Crippen LogP contribution < -0.4 is 0 Å². The van der Waals surface area contributed by atoms with Crippen LogP contribution in [0.2, 0.25) is 0 Å². The van der Waals surface area contributed by atoms with Gasteiger partial charge in [0.1, 0.15) is 5.25 Å². The van der Waals surface area contributed by atoms with Gasteiger partial charge in [0, 0.05) is 19.7 Å². The van der Waals surface area contributed by atoms with E-state index in [0.29, 0.717) is 32.8 Å². The third-order valence-electron chi connectivity index (χ3n) is 5.74. The summed E-state index contributed by atoms with van der Waals surface area (Å²) >= 11 is 3.12. The second-order valence-electron chi connectivity index (χ2n) is 7.88. The lowest BCUT2D eigenvalue weighted by Gasteiger charge is -2.30. The molecule has 1 aromatic carbocycles.